The van der Waals surface area contributed by atoms with Crippen molar-refractivity contribution in [2.45, 2.75) is 39.3 Å². The van der Waals surface area contributed by atoms with Crippen LogP contribution in [0.5, 0.6) is 5.75 Å². The average Bonchev–Trinajstić information content (AvgIpc) is 2.78. The zero-order valence-corrected chi connectivity index (χ0v) is 12.1. The molecule has 0 bridgehead atoms. The van der Waals surface area contributed by atoms with Gasteiger partial charge in [0.1, 0.15) is 0 Å². The monoisotopic (exact) mass is 255 g/mol. The van der Waals surface area contributed by atoms with E-state index in [1.807, 2.05) is 4.68 Å². The van der Waals surface area contributed by atoms with Crippen LogP contribution < -0.4 is 10.1 Å². The highest BCUT2D eigenvalue weighted by Gasteiger charge is 2.22. The fraction of sp³-hybridized carbons (Fsp3) is 0.769. The number of nitrogens with zero attached hydrogens (tertiary/aromatic N) is 2. The number of aromatic nitrogens is 2. The minimum atomic E-state index is 0.204. The first-order valence-corrected chi connectivity index (χ1v) is 6.49. The van der Waals surface area contributed by atoms with Gasteiger partial charge in [0.2, 0.25) is 0 Å². The molecule has 5 heteroatoms. The van der Waals surface area contributed by atoms with Crippen molar-refractivity contribution in [1.29, 1.82) is 0 Å². The van der Waals surface area contributed by atoms with Gasteiger partial charge in [-0.2, -0.15) is 5.10 Å². The van der Waals surface area contributed by atoms with E-state index in [9.17, 15) is 0 Å². The van der Waals surface area contributed by atoms with E-state index >= 15 is 0 Å². The second-order valence-corrected chi connectivity index (χ2v) is 4.53. The summed E-state index contributed by atoms with van der Waals surface area (Å²) in [6.45, 7) is 7.96. The van der Waals surface area contributed by atoms with Crippen molar-refractivity contribution < 1.29 is 9.47 Å². The Labute approximate surface area is 109 Å². The highest BCUT2D eigenvalue weighted by molar-refractivity contribution is 5.28. The standard InChI is InChI=1S/C13H25N3O2/c1-6-14-11(7-8-17-4)13-12(18-5)9-15-16(13)10(2)3/h9-11,14H,6-8H2,1-5H3. The van der Waals surface area contributed by atoms with Crippen LogP contribution in [0.25, 0.3) is 0 Å². The summed E-state index contributed by atoms with van der Waals surface area (Å²) in [6, 6.07) is 0.516. The normalized spacial score (nSPS) is 13.0. The van der Waals surface area contributed by atoms with E-state index in [0.717, 1.165) is 24.4 Å². The van der Waals surface area contributed by atoms with Gasteiger partial charge in [-0.05, 0) is 26.8 Å². The Hall–Kier alpha value is -1.07. The van der Waals surface area contributed by atoms with E-state index in [1.165, 1.54) is 0 Å². The van der Waals surface area contributed by atoms with Gasteiger partial charge in [0, 0.05) is 19.8 Å². The minimum absolute atomic E-state index is 0.204. The lowest BCUT2D eigenvalue weighted by Gasteiger charge is -2.22. The summed E-state index contributed by atoms with van der Waals surface area (Å²) in [5.74, 6) is 0.839. The van der Waals surface area contributed by atoms with Gasteiger partial charge in [-0.25, -0.2) is 0 Å². The van der Waals surface area contributed by atoms with Crippen LogP contribution >= 0.6 is 0 Å². The first-order chi connectivity index (χ1) is 8.65. The zero-order valence-electron chi connectivity index (χ0n) is 12.1. The van der Waals surface area contributed by atoms with Crippen LogP contribution in [0.4, 0.5) is 0 Å². The van der Waals surface area contributed by atoms with Crippen LogP contribution in [0.2, 0.25) is 0 Å². The van der Waals surface area contributed by atoms with Crippen LogP contribution in [-0.2, 0) is 4.74 Å². The summed E-state index contributed by atoms with van der Waals surface area (Å²) in [6.07, 6.45) is 2.69. The molecule has 1 N–H and O–H groups in total. The van der Waals surface area contributed by atoms with Crippen molar-refractivity contribution in [2.75, 3.05) is 27.4 Å². The van der Waals surface area contributed by atoms with Gasteiger partial charge in [-0.15, -0.1) is 0 Å². The lowest BCUT2D eigenvalue weighted by Crippen LogP contribution is -2.26. The molecule has 0 amide bonds. The van der Waals surface area contributed by atoms with E-state index in [2.05, 4.69) is 31.2 Å². The average molecular weight is 255 g/mol. The van der Waals surface area contributed by atoms with Gasteiger partial charge in [0.15, 0.2) is 5.75 Å². The topological polar surface area (TPSA) is 48.3 Å². The molecule has 0 aromatic carbocycles. The Morgan fingerprint density at radius 1 is 1.39 bits per heavy atom. The van der Waals surface area contributed by atoms with E-state index in [-0.39, 0.29) is 6.04 Å². The van der Waals surface area contributed by atoms with E-state index in [0.29, 0.717) is 12.6 Å². The van der Waals surface area contributed by atoms with Gasteiger partial charge >= 0.3 is 0 Å². The summed E-state index contributed by atoms with van der Waals surface area (Å²) in [4.78, 5) is 0. The largest absolute Gasteiger partial charge is 0.493 e. The molecule has 0 saturated heterocycles. The number of hydrogen-bond donors (Lipinski definition) is 1. The fourth-order valence-electron chi connectivity index (χ4n) is 2.07. The SMILES string of the molecule is CCNC(CCOC)c1c(OC)cnn1C(C)C. The first-order valence-electron chi connectivity index (χ1n) is 6.49. The van der Waals surface area contributed by atoms with Crippen LogP contribution in [0.3, 0.4) is 0 Å². The molecule has 0 spiro atoms. The second kappa shape index (κ2) is 7.38. The third-order valence-electron chi connectivity index (χ3n) is 2.90. The predicted molar refractivity (Wildman–Crippen MR) is 72.1 cm³/mol. The highest BCUT2D eigenvalue weighted by Crippen LogP contribution is 2.29. The van der Waals surface area contributed by atoms with E-state index < -0.39 is 0 Å². The summed E-state index contributed by atoms with van der Waals surface area (Å²) >= 11 is 0. The minimum Gasteiger partial charge on any atom is -0.493 e. The van der Waals surface area contributed by atoms with Crippen LogP contribution in [0.1, 0.15) is 45.0 Å². The number of rotatable bonds is 8. The molecular formula is C13H25N3O2. The Morgan fingerprint density at radius 2 is 2.11 bits per heavy atom. The maximum Gasteiger partial charge on any atom is 0.161 e. The number of hydrogen-bond acceptors (Lipinski definition) is 4. The molecule has 5 nitrogen and oxygen atoms in total. The number of methoxy groups -OCH3 is 2. The van der Waals surface area contributed by atoms with Crippen molar-refractivity contribution in [3.8, 4) is 5.75 Å². The molecule has 1 heterocycles. The van der Waals surface area contributed by atoms with Crippen LogP contribution in [0, 0.1) is 0 Å². The van der Waals surface area contributed by atoms with Crippen LogP contribution in [0.15, 0.2) is 6.20 Å². The lowest BCUT2D eigenvalue weighted by molar-refractivity contribution is 0.180. The Bertz CT molecular complexity index is 350. The summed E-state index contributed by atoms with van der Waals surface area (Å²) < 4.78 is 12.6. The molecule has 1 atom stereocenters. The van der Waals surface area contributed by atoms with E-state index in [1.54, 1.807) is 20.4 Å². The summed E-state index contributed by atoms with van der Waals surface area (Å²) in [7, 11) is 3.41. The van der Waals surface area contributed by atoms with Gasteiger partial charge in [-0.1, -0.05) is 6.92 Å². The smallest absolute Gasteiger partial charge is 0.161 e. The third-order valence-corrected chi connectivity index (χ3v) is 2.90. The maximum absolute atomic E-state index is 5.42. The zero-order chi connectivity index (χ0) is 13.5. The van der Waals surface area contributed by atoms with Gasteiger partial charge in [-0.3, -0.25) is 4.68 Å². The molecule has 0 aliphatic carbocycles. The number of nitrogens with one attached hydrogen (secondary N) is 1. The molecule has 0 aliphatic heterocycles. The summed E-state index contributed by atoms with van der Waals surface area (Å²) in [5, 5.41) is 7.88. The predicted octanol–water partition coefficient (Wildman–Crippen LogP) is 2.16. The Kier molecular flexibility index (Phi) is 6.15. The molecule has 18 heavy (non-hydrogen) atoms. The quantitative estimate of drug-likeness (QED) is 0.773. The van der Waals surface area contributed by atoms with Crippen LogP contribution in [-0.4, -0.2) is 37.2 Å². The molecule has 0 fully saturated rings. The second-order valence-electron chi connectivity index (χ2n) is 4.53. The van der Waals surface area contributed by atoms with Gasteiger partial charge < -0.3 is 14.8 Å². The van der Waals surface area contributed by atoms with Crippen molar-refractivity contribution in [1.82, 2.24) is 15.1 Å². The fourth-order valence-corrected chi connectivity index (χ4v) is 2.07. The Balaban J connectivity index is 3.02. The molecule has 1 aromatic heterocycles. The third kappa shape index (κ3) is 3.46. The molecule has 1 aromatic rings. The molecule has 0 saturated carbocycles. The molecule has 1 unspecified atom stereocenters. The highest BCUT2D eigenvalue weighted by atomic mass is 16.5. The summed E-state index contributed by atoms with van der Waals surface area (Å²) in [5.41, 5.74) is 1.10. The lowest BCUT2D eigenvalue weighted by atomic mass is 10.1. The number of ether oxygens (including phenoxy) is 2. The first kappa shape index (κ1) is 15.0. The van der Waals surface area contributed by atoms with Crippen molar-refractivity contribution in [3.05, 3.63) is 11.9 Å². The Morgan fingerprint density at radius 3 is 2.61 bits per heavy atom. The van der Waals surface area contributed by atoms with Crippen molar-refractivity contribution in [2.24, 2.45) is 0 Å². The van der Waals surface area contributed by atoms with Crippen molar-refractivity contribution in [3.63, 3.8) is 0 Å². The molecule has 1 rings (SSSR count). The molecular weight excluding hydrogens is 230 g/mol. The van der Waals surface area contributed by atoms with Crippen molar-refractivity contribution >= 4 is 0 Å². The van der Waals surface area contributed by atoms with E-state index in [4.69, 9.17) is 9.47 Å². The molecule has 0 radical (unpaired) electrons. The molecule has 104 valence electrons. The molecule has 0 aliphatic rings. The maximum atomic E-state index is 5.42. The van der Waals surface area contributed by atoms with Gasteiger partial charge in [0.25, 0.3) is 0 Å². The van der Waals surface area contributed by atoms with Gasteiger partial charge in [0.05, 0.1) is 25.0 Å².